The number of carbonyl (C=O) groups is 3. The number of rotatable bonds is 12. The zero-order chi connectivity index (χ0) is 33.0. The van der Waals surface area contributed by atoms with Gasteiger partial charge in [0, 0.05) is 16.1 Å². The van der Waals surface area contributed by atoms with Gasteiger partial charge in [-0.15, -0.1) is 11.8 Å². The second-order valence-electron chi connectivity index (χ2n) is 10.4. The molecule has 5 rings (SSSR count). The van der Waals surface area contributed by atoms with E-state index in [0.29, 0.717) is 29.2 Å². The second kappa shape index (κ2) is 16.1. The third-order valence-corrected chi connectivity index (χ3v) is 8.01. The van der Waals surface area contributed by atoms with E-state index in [1.807, 2.05) is 30.3 Å². The fraction of sp³-hybridized carbons (Fsp3) is 0.0789. The number of amides is 3. The first-order chi connectivity index (χ1) is 22.8. The number of halogens is 1. The topological polar surface area (TPSA) is 96.5 Å². The van der Waals surface area contributed by atoms with Crippen molar-refractivity contribution in [3.63, 3.8) is 0 Å². The fourth-order valence-corrected chi connectivity index (χ4v) is 5.25. The van der Waals surface area contributed by atoms with Gasteiger partial charge in [-0.1, -0.05) is 72.8 Å². The highest BCUT2D eigenvalue weighted by Gasteiger charge is 2.18. The van der Waals surface area contributed by atoms with Gasteiger partial charge in [0.05, 0.1) is 10.9 Å². The summed E-state index contributed by atoms with van der Waals surface area (Å²) in [5, 5.41) is 7.67. The molecule has 0 fully saturated rings. The van der Waals surface area contributed by atoms with E-state index in [1.165, 1.54) is 23.9 Å². The average molecular weight is 646 g/mol. The van der Waals surface area contributed by atoms with Crippen molar-refractivity contribution in [2.45, 2.75) is 23.7 Å². The van der Waals surface area contributed by atoms with E-state index < -0.39 is 22.9 Å². The lowest BCUT2D eigenvalue weighted by Gasteiger charge is -2.14. The Balaban J connectivity index is 1.25. The third-order valence-electron chi connectivity index (χ3n) is 6.89. The van der Waals surface area contributed by atoms with Crippen molar-refractivity contribution in [1.82, 2.24) is 5.32 Å². The minimum absolute atomic E-state index is 0.0497. The van der Waals surface area contributed by atoms with Crippen LogP contribution in [0.3, 0.4) is 0 Å². The number of nitrogens with one attached hydrogen (secondary N) is 3. The molecule has 3 amide bonds. The maximum Gasteiger partial charge on any atom is 0.272 e. The first-order valence-corrected chi connectivity index (χ1v) is 15.7. The van der Waals surface area contributed by atoms with Crippen molar-refractivity contribution in [3.8, 4) is 5.75 Å². The van der Waals surface area contributed by atoms with Gasteiger partial charge in [0.2, 0.25) is 5.91 Å². The molecule has 0 spiro atoms. The normalized spacial score (nSPS) is 11.7. The lowest BCUT2D eigenvalue weighted by molar-refractivity contribution is -0.115. The lowest BCUT2D eigenvalue weighted by Crippen LogP contribution is -2.30. The average Bonchev–Trinajstić information content (AvgIpc) is 3.10. The largest absolute Gasteiger partial charge is 0.489 e. The standard InChI is InChI=1S/C38H32FN3O4S/c1-26(36(43)41-34-15-9-8-14-33(34)39)47-32-22-18-30(19-23-32)40-38(45)35(42-37(44)29-12-6-3-7-13-29)24-27-16-20-31(21-17-27)46-25-28-10-4-2-5-11-28/h2-24,26H,25H2,1H3,(H,40,45)(H,41,43)(H,42,44)/b35-24-. The number of para-hydroxylation sites is 1. The molecule has 47 heavy (non-hydrogen) atoms. The Kier molecular flexibility index (Phi) is 11.2. The summed E-state index contributed by atoms with van der Waals surface area (Å²) in [5.74, 6) is -1.11. The number of hydrogen-bond donors (Lipinski definition) is 3. The molecule has 9 heteroatoms. The molecule has 0 aliphatic heterocycles. The third kappa shape index (κ3) is 9.66. The van der Waals surface area contributed by atoms with Gasteiger partial charge < -0.3 is 20.7 Å². The van der Waals surface area contributed by atoms with Crippen LogP contribution in [0.4, 0.5) is 15.8 Å². The molecule has 1 unspecified atom stereocenters. The van der Waals surface area contributed by atoms with Crippen molar-refractivity contribution in [3.05, 3.63) is 162 Å². The minimum Gasteiger partial charge on any atom is -0.489 e. The molecular weight excluding hydrogens is 614 g/mol. The Hall–Kier alpha value is -5.67. The Bertz CT molecular complexity index is 1850. The molecule has 0 aliphatic rings. The van der Waals surface area contributed by atoms with Crippen LogP contribution in [-0.2, 0) is 16.2 Å². The summed E-state index contributed by atoms with van der Waals surface area (Å²) >= 11 is 1.30. The number of hydrogen-bond acceptors (Lipinski definition) is 5. The van der Waals surface area contributed by atoms with E-state index in [9.17, 15) is 18.8 Å². The molecule has 7 nitrogen and oxygen atoms in total. The minimum atomic E-state index is -0.517. The molecule has 1 atom stereocenters. The first kappa shape index (κ1) is 32.7. The Labute approximate surface area is 276 Å². The van der Waals surface area contributed by atoms with Crippen LogP contribution in [0.25, 0.3) is 6.08 Å². The first-order valence-electron chi connectivity index (χ1n) is 14.8. The molecule has 236 valence electrons. The highest BCUT2D eigenvalue weighted by atomic mass is 32.2. The van der Waals surface area contributed by atoms with Crippen LogP contribution in [0.5, 0.6) is 5.75 Å². The summed E-state index contributed by atoms with van der Waals surface area (Å²) in [7, 11) is 0. The van der Waals surface area contributed by atoms with Gasteiger partial charge in [-0.2, -0.15) is 0 Å². The molecule has 0 radical (unpaired) electrons. The summed E-state index contributed by atoms with van der Waals surface area (Å²) in [4.78, 5) is 39.8. The van der Waals surface area contributed by atoms with Crippen LogP contribution in [0.15, 0.2) is 144 Å². The van der Waals surface area contributed by atoms with Gasteiger partial charge >= 0.3 is 0 Å². The number of ether oxygens (including phenoxy) is 1. The van der Waals surface area contributed by atoms with Crippen LogP contribution in [0, 0.1) is 5.82 Å². The maximum absolute atomic E-state index is 13.9. The van der Waals surface area contributed by atoms with Gasteiger partial charge in [-0.25, -0.2) is 4.39 Å². The summed E-state index contributed by atoms with van der Waals surface area (Å²) < 4.78 is 19.8. The van der Waals surface area contributed by atoms with E-state index in [0.717, 1.165) is 10.5 Å². The number of thioether (sulfide) groups is 1. The SMILES string of the molecule is CC(Sc1ccc(NC(=O)/C(=C/c2ccc(OCc3ccccc3)cc2)NC(=O)c2ccccc2)cc1)C(=O)Nc1ccccc1F. The predicted molar refractivity (Wildman–Crippen MR) is 185 cm³/mol. The van der Waals surface area contributed by atoms with Crippen molar-refractivity contribution >= 4 is 46.9 Å². The summed E-state index contributed by atoms with van der Waals surface area (Å²) in [6.45, 7) is 2.15. The Morgan fingerprint density at radius 3 is 2.09 bits per heavy atom. The molecule has 5 aromatic rings. The zero-order valence-electron chi connectivity index (χ0n) is 25.5. The van der Waals surface area contributed by atoms with Gasteiger partial charge in [-0.3, -0.25) is 14.4 Å². The van der Waals surface area contributed by atoms with Crippen LogP contribution in [-0.4, -0.2) is 23.0 Å². The number of carbonyl (C=O) groups excluding carboxylic acids is 3. The molecule has 0 saturated heterocycles. The van der Waals surface area contributed by atoms with Gasteiger partial charge in [0.1, 0.15) is 23.9 Å². The molecule has 0 saturated carbocycles. The smallest absolute Gasteiger partial charge is 0.272 e. The van der Waals surface area contributed by atoms with Crippen LogP contribution < -0.4 is 20.7 Å². The number of benzene rings is 5. The van der Waals surface area contributed by atoms with E-state index >= 15 is 0 Å². The number of anilines is 2. The van der Waals surface area contributed by atoms with Crippen LogP contribution in [0.2, 0.25) is 0 Å². The Morgan fingerprint density at radius 2 is 1.40 bits per heavy atom. The second-order valence-corrected chi connectivity index (χ2v) is 11.8. The lowest BCUT2D eigenvalue weighted by atomic mass is 10.1. The van der Waals surface area contributed by atoms with Gasteiger partial charge in [0.15, 0.2) is 0 Å². The van der Waals surface area contributed by atoms with Gasteiger partial charge in [0.25, 0.3) is 11.8 Å². The van der Waals surface area contributed by atoms with Crippen molar-refractivity contribution < 1.29 is 23.5 Å². The molecule has 0 bridgehead atoms. The molecule has 0 aromatic heterocycles. The highest BCUT2D eigenvalue weighted by Crippen LogP contribution is 2.26. The molecule has 0 heterocycles. The molecule has 5 aromatic carbocycles. The van der Waals surface area contributed by atoms with Crippen molar-refractivity contribution in [2.24, 2.45) is 0 Å². The molecule has 3 N–H and O–H groups in total. The van der Waals surface area contributed by atoms with Gasteiger partial charge in [-0.05, 0) is 84.8 Å². The highest BCUT2D eigenvalue weighted by molar-refractivity contribution is 8.00. The molecule has 0 aliphatic carbocycles. The van der Waals surface area contributed by atoms with Crippen molar-refractivity contribution in [2.75, 3.05) is 10.6 Å². The van der Waals surface area contributed by atoms with E-state index in [-0.39, 0.29) is 17.3 Å². The predicted octanol–water partition coefficient (Wildman–Crippen LogP) is 7.93. The van der Waals surface area contributed by atoms with E-state index in [1.54, 1.807) is 104 Å². The monoisotopic (exact) mass is 645 g/mol. The summed E-state index contributed by atoms with van der Waals surface area (Å²) in [6, 6.07) is 38.6. The van der Waals surface area contributed by atoms with Crippen LogP contribution >= 0.6 is 11.8 Å². The maximum atomic E-state index is 13.9. The van der Waals surface area contributed by atoms with E-state index in [4.69, 9.17) is 4.74 Å². The quantitative estimate of drug-likeness (QED) is 0.0946. The summed E-state index contributed by atoms with van der Waals surface area (Å²) in [6.07, 6.45) is 1.59. The Morgan fingerprint density at radius 1 is 0.766 bits per heavy atom. The fourth-order valence-electron chi connectivity index (χ4n) is 4.38. The van der Waals surface area contributed by atoms with E-state index in [2.05, 4.69) is 16.0 Å². The molecular formula is C38H32FN3O4S. The van der Waals surface area contributed by atoms with Crippen molar-refractivity contribution in [1.29, 1.82) is 0 Å². The zero-order valence-corrected chi connectivity index (χ0v) is 26.3. The van der Waals surface area contributed by atoms with Crippen LogP contribution in [0.1, 0.15) is 28.4 Å². The summed E-state index contributed by atoms with van der Waals surface area (Å²) in [5.41, 5.74) is 2.81.